The van der Waals surface area contributed by atoms with Crippen molar-refractivity contribution in [3.8, 4) is 6.07 Å². The highest BCUT2D eigenvalue weighted by atomic mass is 32.2. The number of rotatable bonds is 4. The zero-order valence-electron chi connectivity index (χ0n) is 13.9. The van der Waals surface area contributed by atoms with E-state index in [9.17, 15) is 24.4 Å². The molecule has 0 saturated heterocycles. The molecule has 0 aromatic heterocycles. The molecule has 1 amide bonds. The van der Waals surface area contributed by atoms with Crippen LogP contribution in [0, 0.1) is 21.4 Å². The first-order chi connectivity index (χ1) is 12.8. The van der Waals surface area contributed by atoms with E-state index < -0.39 is 20.4 Å². The number of carbonyl (C=O) groups is 1. The Kier molecular flexibility index (Phi) is 4.62. The van der Waals surface area contributed by atoms with Crippen molar-refractivity contribution in [3.05, 3.63) is 74.7 Å². The fraction of sp³-hybridized carbons (Fsp3) is 0. The zero-order valence-corrected chi connectivity index (χ0v) is 14.7. The third-order valence-electron chi connectivity index (χ3n) is 3.91. The Balaban J connectivity index is 1.90. The van der Waals surface area contributed by atoms with Gasteiger partial charge in [0.25, 0.3) is 11.6 Å². The minimum Gasteiger partial charge on any atom is -0.321 e. The molecule has 2 aromatic rings. The summed E-state index contributed by atoms with van der Waals surface area (Å²) >= 11 is 0. The predicted molar refractivity (Wildman–Crippen MR) is 104 cm³/mol. The number of nitrogens with zero attached hydrogens (tertiary/aromatic N) is 2. The fourth-order valence-corrected chi connectivity index (χ4v) is 3.96. The van der Waals surface area contributed by atoms with Gasteiger partial charge in [0.2, 0.25) is 0 Å². The van der Waals surface area contributed by atoms with Crippen LogP contribution in [0.25, 0.3) is 12.2 Å². The first-order valence-electron chi connectivity index (χ1n) is 7.68. The molecule has 1 aliphatic heterocycles. The molecule has 0 spiro atoms. The Morgan fingerprint density at radius 3 is 2.74 bits per heavy atom. The SMILES string of the molecule is C=S1(=O)C=Cc2ccc(NC(=O)C(C#N)=Cc3ccccc3[N+](=O)[O-])cc21. The molecule has 134 valence electrons. The van der Waals surface area contributed by atoms with E-state index in [0.29, 0.717) is 10.6 Å². The van der Waals surface area contributed by atoms with Crippen molar-refractivity contribution >= 4 is 44.8 Å². The Labute approximate surface area is 155 Å². The van der Waals surface area contributed by atoms with Crippen LogP contribution in [-0.2, 0) is 14.3 Å². The lowest BCUT2D eigenvalue weighted by atomic mass is 10.1. The van der Waals surface area contributed by atoms with Crippen LogP contribution in [0.2, 0.25) is 0 Å². The molecule has 1 aliphatic rings. The largest absolute Gasteiger partial charge is 0.321 e. The molecule has 0 aliphatic carbocycles. The maximum Gasteiger partial charge on any atom is 0.276 e. The number of amides is 1. The number of nitriles is 1. The van der Waals surface area contributed by atoms with Crippen LogP contribution in [0.15, 0.2) is 58.3 Å². The summed E-state index contributed by atoms with van der Waals surface area (Å²) in [5, 5.41) is 24.4. The third kappa shape index (κ3) is 3.63. The summed E-state index contributed by atoms with van der Waals surface area (Å²) in [5.41, 5.74) is 0.747. The van der Waals surface area contributed by atoms with E-state index in [1.165, 1.54) is 23.6 Å². The molecular weight excluding hydrogens is 366 g/mol. The second-order valence-corrected chi connectivity index (χ2v) is 7.89. The van der Waals surface area contributed by atoms with Crippen LogP contribution in [0.4, 0.5) is 11.4 Å². The van der Waals surface area contributed by atoms with Crippen molar-refractivity contribution in [3.63, 3.8) is 0 Å². The van der Waals surface area contributed by atoms with Gasteiger partial charge in [-0.2, -0.15) is 5.26 Å². The van der Waals surface area contributed by atoms with Gasteiger partial charge in [0.05, 0.1) is 10.5 Å². The Bertz CT molecular complexity index is 1170. The van der Waals surface area contributed by atoms with E-state index >= 15 is 0 Å². The van der Waals surface area contributed by atoms with Crippen LogP contribution in [0.3, 0.4) is 0 Å². The molecule has 1 N–H and O–H groups in total. The summed E-state index contributed by atoms with van der Waals surface area (Å²) in [6, 6.07) is 12.4. The first-order valence-corrected chi connectivity index (χ1v) is 9.47. The molecule has 8 heteroatoms. The molecule has 0 bridgehead atoms. The van der Waals surface area contributed by atoms with Gasteiger partial charge in [-0.1, -0.05) is 18.2 Å². The predicted octanol–water partition coefficient (Wildman–Crippen LogP) is 3.20. The van der Waals surface area contributed by atoms with E-state index in [4.69, 9.17) is 0 Å². The van der Waals surface area contributed by atoms with Crippen LogP contribution < -0.4 is 5.32 Å². The van der Waals surface area contributed by atoms with Gasteiger partial charge in [-0.15, -0.1) is 0 Å². The summed E-state index contributed by atoms with van der Waals surface area (Å²) in [7, 11) is -2.54. The van der Waals surface area contributed by atoms with E-state index in [1.807, 2.05) is 0 Å². The van der Waals surface area contributed by atoms with Crippen LogP contribution in [-0.4, -0.2) is 20.9 Å². The summed E-state index contributed by atoms with van der Waals surface area (Å²) in [5.74, 6) is 2.94. The van der Waals surface area contributed by atoms with E-state index in [1.54, 1.807) is 36.4 Å². The quantitative estimate of drug-likeness (QED) is 0.288. The number of benzene rings is 2. The van der Waals surface area contributed by atoms with Crippen molar-refractivity contribution in [2.75, 3.05) is 5.32 Å². The average molecular weight is 379 g/mol. The minimum absolute atomic E-state index is 0.146. The van der Waals surface area contributed by atoms with Gasteiger partial charge >= 0.3 is 0 Å². The number of para-hydroxylation sites is 1. The Hall–Kier alpha value is -3.70. The molecule has 1 heterocycles. The van der Waals surface area contributed by atoms with Gasteiger partial charge < -0.3 is 5.32 Å². The average Bonchev–Trinajstić information content (AvgIpc) is 2.94. The number of hydrogen-bond acceptors (Lipinski definition) is 5. The molecular formula is C19H13N3O4S. The number of carbonyl (C=O) groups excluding carboxylic acids is 1. The molecule has 3 rings (SSSR count). The summed E-state index contributed by atoms with van der Waals surface area (Å²) < 4.78 is 12.3. The van der Waals surface area contributed by atoms with Crippen molar-refractivity contribution in [1.82, 2.24) is 0 Å². The van der Waals surface area contributed by atoms with Crippen molar-refractivity contribution in [1.29, 1.82) is 5.26 Å². The topological polar surface area (TPSA) is 113 Å². The maximum atomic E-state index is 12.4. The minimum atomic E-state index is -2.54. The smallest absolute Gasteiger partial charge is 0.276 e. The number of fused-ring (bicyclic) bond motifs is 1. The Morgan fingerprint density at radius 2 is 2.04 bits per heavy atom. The molecule has 0 saturated carbocycles. The third-order valence-corrected chi connectivity index (χ3v) is 5.58. The lowest BCUT2D eigenvalue weighted by Crippen LogP contribution is -2.14. The highest BCUT2D eigenvalue weighted by molar-refractivity contribution is 8.03. The summed E-state index contributed by atoms with van der Waals surface area (Å²) in [6.07, 6.45) is 2.86. The standard InChI is InChI=1S/C19H13N3O4S/c1-27(26)9-8-13-6-7-16(11-18(13)27)21-19(23)15(12-20)10-14-4-2-3-5-17(14)22(24)25/h2-11H,1H2,(H,21,23). The normalized spacial score (nSPS) is 17.8. The Morgan fingerprint density at radius 1 is 1.30 bits per heavy atom. The van der Waals surface area contributed by atoms with E-state index in [2.05, 4.69) is 11.2 Å². The molecule has 2 aromatic carbocycles. The monoisotopic (exact) mass is 379 g/mol. The first kappa shape index (κ1) is 18.1. The molecule has 0 fully saturated rings. The van der Waals surface area contributed by atoms with Crippen molar-refractivity contribution in [2.45, 2.75) is 4.90 Å². The van der Waals surface area contributed by atoms with Crippen LogP contribution in [0.1, 0.15) is 11.1 Å². The van der Waals surface area contributed by atoms with Gasteiger partial charge in [0.1, 0.15) is 11.6 Å². The van der Waals surface area contributed by atoms with Crippen molar-refractivity contribution in [2.24, 2.45) is 0 Å². The van der Waals surface area contributed by atoms with Crippen LogP contribution in [0.5, 0.6) is 0 Å². The zero-order chi connectivity index (χ0) is 19.6. The van der Waals surface area contributed by atoms with Gasteiger partial charge in [-0.25, -0.2) is 0 Å². The molecule has 27 heavy (non-hydrogen) atoms. The molecule has 1 atom stereocenters. The maximum absolute atomic E-state index is 12.4. The van der Waals surface area contributed by atoms with Gasteiger partial charge in [-0.3, -0.25) is 19.1 Å². The molecule has 7 nitrogen and oxygen atoms in total. The van der Waals surface area contributed by atoms with Gasteiger partial charge in [0.15, 0.2) is 0 Å². The highest BCUT2D eigenvalue weighted by Crippen LogP contribution is 2.29. The summed E-state index contributed by atoms with van der Waals surface area (Å²) in [4.78, 5) is 23.4. The summed E-state index contributed by atoms with van der Waals surface area (Å²) in [6.45, 7) is 0. The lowest BCUT2D eigenvalue weighted by Gasteiger charge is -2.08. The number of anilines is 1. The van der Waals surface area contributed by atoms with Crippen molar-refractivity contribution < 1.29 is 13.9 Å². The van der Waals surface area contributed by atoms with Gasteiger partial charge in [0, 0.05) is 26.2 Å². The number of nitro groups is 1. The highest BCUT2D eigenvalue weighted by Gasteiger charge is 2.18. The fourth-order valence-electron chi connectivity index (χ4n) is 2.58. The number of nitrogens with one attached hydrogen (secondary N) is 1. The second-order valence-electron chi connectivity index (χ2n) is 5.72. The number of hydrogen-bond donors (Lipinski definition) is 1. The molecule has 1 unspecified atom stereocenters. The lowest BCUT2D eigenvalue weighted by molar-refractivity contribution is -0.385. The molecule has 0 radical (unpaired) electrons. The van der Waals surface area contributed by atoms with Crippen LogP contribution >= 0.6 is 0 Å². The van der Waals surface area contributed by atoms with E-state index in [0.717, 1.165) is 11.6 Å². The number of nitro benzene ring substituents is 1. The van der Waals surface area contributed by atoms with Gasteiger partial charge in [-0.05, 0) is 47.2 Å². The van der Waals surface area contributed by atoms with E-state index in [-0.39, 0.29) is 16.8 Å². The second kappa shape index (κ2) is 6.90.